The molecule has 0 saturated carbocycles. The van der Waals surface area contributed by atoms with Crippen molar-refractivity contribution in [3.63, 3.8) is 0 Å². The van der Waals surface area contributed by atoms with Crippen LogP contribution in [0.25, 0.3) is 5.57 Å². The molecule has 3 rings (SSSR count). The number of benzene rings is 1. The summed E-state index contributed by atoms with van der Waals surface area (Å²) in [4.78, 5) is 20.5. The van der Waals surface area contributed by atoms with E-state index in [4.69, 9.17) is 19.8 Å². The molecule has 2 aromatic rings. The van der Waals surface area contributed by atoms with Gasteiger partial charge >= 0.3 is 11.9 Å². The van der Waals surface area contributed by atoms with Gasteiger partial charge in [-0.1, -0.05) is 35.7 Å². The molecule has 2 N–H and O–H groups in total. The Hall–Kier alpha value is -2.74. The lowest BCUT2D eigenvalue weighted by Crippen LogP contribution is -2.25. The highest BCUT2D eigenvalue weighted by molar-refractivity contribution is 7.99. The first-order chi connectivity index (χ1) is 13.9. The minimum Gasteiger partial charge on any atom is -0.473 e. The fourth-order valence-electron chi connectivity index (χ4n) is 2.35. The molecule has 1 aromatic carbocycles. The zero-order valence-electron chi connectivity index (χ0n) is 15.5. The van der Waals surface area contributed by atoms with E-state index in [2.05, 4.69) is 38.6 Å². The topological polar surface area (TPSA) is 104 Å². The molecule has 2 heterocycles. The van der Waals surface area contributed by atoms with E-state index < -0.39 is 11.9 Å². The van der Waals surface area contributed by atoms with Gasteiger partial charge in [-0.2, -0.15) is 8.75 Å². The van der Waals surface area contributed by atoms with E-state index in [1.54, 1.807) is 23.9 Å². The maximum atomic E-state index is 13.1. The molecule has 0 unspecified atom stereocenters. The molecule has 1 aromatic heterocycles. The molecular weight excluding hydrogens is 417 g/mol. The van der Waals surface area contributed by atoms with E-state index in [1.807, 2.05) is 0 Å². The van der Waals surface area contributed by atoms with Crippen LogP contribution in [-0.2, 0) is 9.59 Å². The number of likely N-dealkylation sites (N-methyl/N-ethyl adjacent to an activating group) is 1. The zero-order valence-corrected chi connectivity index (χ0v) is 17.1. The van der Waals surface area contributed by atoms with E-state index in [1.165, 1.54) is 29.4 Å². The van der Waals surface area contributed by atoms with Crippen LogP contribution in [0.2, 0.25) is 0 Å². The lowest BCUT2D eigenvalue weighted by Gasteiger charge is -2.22. The van der Waals surface area contributed by atoms with Gasteiger partial charge in [0, 0.05) is 18.7 Å². The second kappa shape index (κ2) is 11.3. The van der Waals surface area contributed by atoms with Crippen LogP contribution >= 0.6 is 23.5 Å². The lowest BCUT2D eigenvalue weighted by atomic mass is 10.1. The van der Waals surface area contributed by atoms with Crippen molar-refractivity contribution in [2.75, 3.05) is 25.9 Å². The van der Waals surface area contributed by atoms with Crippen molar-refractivity contribution in [2.24, 2.45) is 0 Å². The maximum absolute atomic E-state index is 13.1. The number of aromatic nitrogens is 2. The smallest absolute Gasteiger partial charge is 0.414 e. The number of carbonyl (C=O) groups is 2. The summed E-state index contributed by atoms with van der Waals surface area (Å²) in [5.74, 6) is 2.74. The number of hydrogen-bond acceptors (Lipinski definition) is 7. The summed E-state index contributed by atoms with van der Waals surface area (Å²) in [6.07, 6.45) is 3.30. The fraction of sp³-hybridized carbons (Fsp3) is 0.263. The van der Waals surface area contributed by atoms with Gasteiger partial charge in [0.25, 0.3) is 0 Å². The molecule has 0 aliphatic carbocycles. The van der Waals surface area contributed by atoms with Gasteiger partial charge in [0.05, 0.1) is 17.5 Å². The van der Waals surface area contributed by atoms with Gasteiger partial charge in [-0.15, -0.1) is 0 Å². The standard InChI is InChI=1S/C17H16FN3S2.C2H2O4/c1-21-9-3-7-14(12-21)16-17(20-23-19-16)22-10-4-6-13-5-2-8-15(18)11-13;3-1(4)2(5)6/h2,5,7-8,11H,3,9-10,12H2,1H3;(H,3,4)(H,5,6). The summed E-state index contributed by atoms with van der Waals surface area (Å²) in [5.41, 5.74) is 2.92. The summed E-state index contributed by atoms with van der Waals surface area (Å²) in [6.45, 7) is 2.00. The molecule has 1 aliphatic heterocycles. The predicted molar refractivity (Wildman–Crippen MR) is 109 cm³/mol. The summed E-state index contributed by atoms with van der Waals surface area (Å²) >= 11 is 2.82. The Bertz CT molecular complexity index is 954. The number of hydrogen-bond donors (Lipinski definition) is 2. The van der Waals surface area contributed by atoms with Crippen LogP contribution in [0.3, 0.4) is 0 Å². The third-order valence-corrected chi connectivity index (χ3v) is 5.12. The van der Waals surface area contributed by atoms with E-state index in [-0.39, 0.29) is 5.82 Å². The largest absolute Gasteiger partial charge is 0.473 e. The van der Waals surface area contributed by atoms with E-state index in [9.17, 15) is 4.39 Å². The fourth-order valence-corrected chi connectivity index (χ4v) is 3.80. The van der Waals surface area contributed by atoms with Gasteiger partial charge in [-0.05, 0) is 37.2 Å². The van der Waals surface area contributed by atoms with Crippen molar-refractivity contribution in [3.05, 3.63) is 47.4 Å². The van der Waals surface area contributed by atoms with Crippen molar-refractivity contribution in [1.29, 1.82) is 0 Å². The molecular formula is C19H18FN3O4S2. The molecule has 0 spiro atoms. The molecule has 0 saturated heterocycles. The molecule has 10 heteroatoms. The van der Waals surface area contributed by atoms with Gasteiger partial charge in [-0.3, -0.25) is 0 Å². The SMILES string of the molecule is CN1CCC=C(c2nsnc2SCC#Cc2cccc(F)c2)C1.O=C(O)C(=O)O. The first-order valence-electron chi connectivity index (χ1n) is 8.40. The first kappa shape index (κ1) is 22.5. The number of halogens is 1. The Morgan fingerprint density at radius 1 is 1.31 bits per heavy atom. The van der Waals surface area contributed by atoms with Crippen LogP contribution in [0.1, 0.15) is 17.7 Å². The molecule has 0 fully saturated rings. The number of thioether (sulfide) groups is 1. The quantitative estimate of drug-likeness (QED) is 0.431. The highest BCUT2D eigenvalue weighted by Crippen LogP contribution is 2.28. The summed E-state index contributed by atoms with van der Waals surface area (Å²) in [6, 6.07) is 6.33. The predicted octanol–water partition coefficient (Wildman–Crippen LogP) is 2.70. The highest BCUT2D eigenvalue weighted by atomic mass is 32.2. The second-order valence-electron chi connectivity index (χ2n) is 5.88. The van der Waals surface area contributed by atoms with Crippen LogP contribution in [0.5, 0.6) is 0 Å². The Kier molecular flexibility index (Phi) is 8.79. The number of carboxylic acids is 2. The monoisotopic (exact) mass is 435 g/mol. The molecule has 0 amide bonds. The molecule has 0 bridgehead atoms. The minimum absolute atomic E-state index is 0.260. The highest BCUT2D eigenvalue weighted by Gasteiger charge is 2.17. The molecule has 152 valence electrons. The molecule has 7 nitrogen and oxygen atoms in total. The Morgan fingerprint density at radius 3 is 2.72 bits per heavy atom. The number of rotatable bonds is 3. The first-order valence-corrected chi connectivity index (χ1v) is 10.1. The number of aliphatic carboxylic acids is 2. The van der Waals surface area contributed by atoms with Gasteiger partial charge in [0.2, 0.25) is 0 Å². The van der Waals surface area contributed by atoms with E-state index in [0.717, 1.165) is 30.2 Å². The van der Waals surface area contributed by atoms with Crippen molar-refractivity contribution >= 4 is 41.0 Å². The van der Waals surface area contributed by atoms with Crippen molar-refractivity contribution in [1.82, 2.24) is 13.6 Å². The number of carboxylic acid groups (broad SMARTS) is 2. The Labute approximate surface area is 175 Å². The lowest BCUT2D eigenvalue weighted by molar-refractivity contribution is -0.159. The third-order valence-electron chi connectivity index (χ3n) is 3.63. The zero-order chi connectivity index (χ0) is 21.2. The van der Waals surface area contributed by atoms with Crippen molar-refractivity contribution in [2.45, 2.75) is 11.4 Å². The van der Waals surface area contributed by atoms with Gasteiger partial charge in [-0.25, -0.2) is 14.0 Å². The van der Waals surface area contributed by atoms with Gasteiger partial charge in [0.1, 0.15) is 16.5 Å². The average molecular weight is 436 g/mol. The van der Waals surface area contributed by atoms with Crippen LogP contribution < -0.4 is 0 Å². The molecule has 1 aliphatic rings. The van der Waals surface area contributed by atoms with Gasteiger partial charge in [0.15, 0.2) is 0 Å². The van der Waals surface area contributed by atoms with Crippen molar-refractivity contribution < 1.29 is 24.2 Å². The van der Waals surface area contributed by atoms with Crippen LogP contribution in [0, 0.1) is 17.7 Å². The van der Waals surface area contributed by atoms with E-state index in [0.29, 0.717) is 11.3 Å². The molecule has 0 atom stereocenters. The second-order valence-corrected chi connectivity index (χ2v) is 7.38. The normalized spacial score (nSPS) is 13.4. The summed E-state index contributed by atoms with van der Waals surface area (Å²) in [7, 11) is 2.12. The Balaban J connectivity index is 0.000000438. The summed E-state index contributed by atoms with van der Waals surface area (Å²) in [5, 5.41) is 15.7. The van der Waals surface area contributed by atoms with Crippen LogP contribution in [0.15, 0.2) is 35.4 Å². The molecule has 0 radical (unpaired) electrons. The van der Waals surface area contributed by atoms with Crippen LogP contribution in [0.4, 0.5) is 4.39 Å². The number of nitrogens with zero attached hydrogens (tertiary/aromatic N) is 3. The average Bonchev–Trinajstić information content (AvgIpc) is 3.14. The third kappa shape index (κ3) is 7.65. The molecule has 29 heavy (non-hydrogen) atoms. The Morgan fingerprint density at radius 2 is 2.07 bits per heavy atom. The minimum atomic E-state index is -1.82. The van der Waals surface area contributed by atoms with Crippen molar-refractivity contribution in [3.8, 4) is 11.8 Å². The van der Waals surface area contributed by atoms with E-state index >= 15 is 0 Å². The van der Waals surface area contributed by atoms with Crippen LogP contribution in [-0.4, -0.2) is 61.7 Å². The summed E-state index contributed by atoms with van der Waals surface area (Å²) < 4.78 is 21.9. The van der Waals surface area contributed by atoms with Gasteiger partial charge < -0.3 is 15.1 Å². The maximum Gasteiger partial charge on any atom is 0.414 e.